The molecule has 2 aromatic carbocycles. The Morgan fingerprint density at radius 3 is 2.56 bits per heavy atom. The van der Waals surface area contributed by atoms with Crippen molar-refractivity contribution in [2.45, 2.75) is 13.0 Å². The van der Waals surface area contributed by atoms with Crippen LogP contribution in [0.25, 0.3) is 11.0 Å². The summed E-state index contributed by atoms with van der Waals surface area (Å²) in [5.74, 6) is -0.436. The van der Waals surface area contributed by atoms with Crippen LogP contribution in [0.5, 0.6) is 17.4 Å². The fraction of sp³-hybridized carbons (Fsp3) is 0.118. The van der Waals surface area contributed by atoms with Gasteiger partial charge in [-0.05, 0) is 49.4 Å². The highest BCUT2D eigenvalue weighted by molar-refractivity contribution is 6.31. The van der Waals surface area contributed by atoms with Crippen LogP contribution in [0.1, 0.15) is 6.92 Å². The van der Waals surface area contributed by atoms with E-state index in [0.29, 0.717) is 27.6 Å². The number of fused-ring (bicyclic) bond motifs is 1. The van der Waals surface area contributed by atoms with Crippen LogP contribution in [-0.2, 0) is 4.79 Å². The summed E-state index contributed by atoms with van der Waals surface area (Å²) in [5, 5.41) is 9.31. The fourth-order valence-electron chi connectivity index (χ4n) is 2.06. The van der Waals surface area contributed by atoms with Crippen molar-refractivity contribution in [3.63, 3.8) is 0 Å². The van der Waals surface area contributed by atoms with Crippen LogP contribution in [0.2, 0.25) is 5.02 Å². The van der Waals surface area contributed by atoms with Gasteiger partial charge in [-0.15, -0.1) is 0 Å². The van der Waals surface area contributed by atoms with Crippen LogP contribution in [0, 0.1) is 0 Å². The number of aliphatic carboxylic acids is 1. The summed E-state index contributed by atoms with van der Waals surface area (Å²) in [4.78, 5) is 29.7. The van der Waals surface area contributed by atoms with Gasteiger partial charge < -0.3 is 19.6 Å². The summed E-state index contributed by atoms with van der Waals surface area (Å²) in [5.41, 5.74) is 0.556. The van der Waals surface area contributed by atoms with E-state index in [-0.39, 0.29) is 5.88 Å². The number of aromatic amines is 1. The molecule has 8 heteroatoms. The summed E-state index contributed by atoms with van der Waals surface area (Å²) in [7, 11) is 0. The van der Waals surface area contributed by atoms with E-state index in [0.717, 1.165) is 0 Å². The predicted molar refractivity (Wildman–Crippen MR) is 91.6 cm³/mol. The first-order chi connectivity index (χ1) is 11.9. The molecule has 7 nitrogen and oxygen atoms in total. The van der Waals surface area contributed by atoms with Gasteiger partial charge in [-0.2, -0.15) is 0 Å². The quantitative estimate of drug-likeness (QED) is 0.724. The molecule has 1 atom stereocenters. The molecule has 0 spiro atoms. The van der Waals surface area contributed by atoms with Gasteiger partial charge in [-0.1, -0.05) is 11.6 Å². The van der Waals surface area contributed by atoms with E-state index in [2.05, 4.69) is 9.97 Å². The molecule has 25 heavy (non-hydrogen) atoms. The Balaban J connectivity index is 1.81. The van der Waals surface area contributed by atoms with Crippen molar-refractivity contribution in [3.05, 3.63) is 57.8 Å². The van der Waals surface area contributed by atoms with Crippen molar-refractivity contribution in [2.75, 3.05) is 0 Å². The molecule has 0 unspecified atom stereocenters. The van der Waals surface area contributed by atoms with Gasteiger partial charge in [0.1, 0.15) is 11.5 Å². The van der Waals surface area contributed by atoms with Gasteiger partial charge in [0.2, 0.25) is 0 Å². The number of halogens is 1. The minimum atomic E-state index is -1.06. The maximum atomic E-state index is 12.1. The molecule has 1 aromatic heterocycles. The van der Waals surface area contributed by atoms with Crippen molar-refractivity contribution in [1.29, 1.82) is 0 Å². The number of carboxylic acid groups (broad SMARTS) is 1. The lowest BCUT2D eigenvalue weighted by molar-refractivity contribution is -0.144. The van der Waals surface area contributed by atoms with Crippen molar-refractivity contribution in [3.8, 4) is 17.4 Å². The Hall–Kier alpha value is -3.06. The third kappa shape index (κ3) is 3.89. The first-order valence-corrected chi connectivity index (χ1v) is 7.67. The first-order valence-electron chi connectivity index (χ1n) is 7.29. The zero-order valence-corrected chi connectivity index (χ0v) is 13.8. The van der Waals surface area contributed by atoms with Crippen molar-refractivity contribution in [1.82, 2.24) is 9.97 Å². The largest absolute Gasteiger partial charge is 0.479 e. The Bertz CT molecular complexity index is 984. The number of carboxylic acids is 1. The number of H-pyrrole nitrogens is 1. The topological polar surface area (TPSA) is 102 Å². The minimum absolute atomic E-state index is 0.109. The molecule has 3 rings (SSSR count). The highest BCUT2D eigenvalue weighted by atomic mass is 35.5. The van der Waals surface area contributed by atoms with Crippen molar-refractivity contribution < 1.29 is 19.4 Å². The Morgan fingerprint density at radius 1 is 1.20 bits per heavy atom. The van der Waals surface area contributed by atoms with Crippen LogP contribution < -0.4 is 15.0 Å². The lowest BCUT2D eigenvalue weighted by atomic mass is 10.3. The maximum Gasteiger partial charge on any atom is 0.344 e. The standard InChI is InChI=1S/C17H13ClN2O5/c1-9(17(22)23)24-11-3-5-12(6-4-11)25-16-15(21)19-14-8-10(18)2-7-13(14)20-16/h2-9H,1H3,(H,19,21)(H,22,23)/t9-/m0/s1. The number of rotatable bonds is 5. The van der Waals surface area contributed by atoms with Crippen LogP contribution >= 0.6 is 11.6 Å². The lowest BCUT2D eigenvalue weighted by Gasteiger charge is -2.11. The zero-order valence-electron chi connectivity index (χ0n) is 13.0. The third-order valence-corrected chi connectivity index (χ3v) is 3.56. The minimum Gasteiger partial charge on any atom is -0.479 e. The SMILES string of the molecule is C[C@H](Oc1ccc(Oc2nc3ccc(Cl)cc3[nH]c2=O)cc1)C(=O)O. The molecule has 0 fully saturated rings. The molecular formula is C17H13ClN2O5. The van der Waals surface area contributed by atoms with Crippen molar-refractivity contribution in [2.24, 2.45) is 0 Å². The highest BCUT2D eigenvalue weighted by Gasteiger charge is 2.13. The molecule has 2 N–H and O–H groups in total. The van der Waals surface area contributed by atoms with Crippen LogP contribution in [-0.4, -0.2) is 27.1 Å². The number of carbonyl (C=O) groups is 1. The Labute approximate surface area is 146 Å². The van der Waals surface area contributed by atoms with E-state index >= 15 is 0 Å². The number of nitrogens with zero attached hydrogens (tertiary/aromatic N) is 1. The Kier molecular flexibility index (Phi) is 4.58. The van der Waals surface area contributed by atoms with Crippen LogP contribution in [0.15, 0.2) is 47.3 Å². The average molecular weight is 361 g/mol. The number of nitrogens with one attached hydrogen (secondary N) is 1. The van der Waals surface area contributed by atoms with Gasteiger partial charge in [0, 0.05) is 5.02 Å². The second-order valence-electron chi connectivity index (χ2n) is 5.20. The number of hydrogen-bond donors (Lipinski definition) is 2. The van der Waals surface area contributed by atoms with Gasteiger partial charge in [0.05, 0.1) is 11.0 Å². The van der Waals surface area contributed by atoms with Gasteiger partial charge in [0.25, 0.3) is 5.88 Å². The van der Waals surface area contributed by atoms with E-state index in [1.165, 1.54) is 6.92 Å². The molecule has 128 valence electrons. The normalized spacial score (nSPS) is 11.9. The molecule has 0 aliphatic heterocycles. The molecule has 0 amide bonds. The number of hydrogen-bond acceptors (Lipinski definition) is 5. The van der Waals surface area contributed by atoms with E-state index in [9.17, 15) is 9.59 Å². The monoisotopic (exact) mass is 360 g/mol. The zero-order chi connectivity index (χ0) is 18.0. The van der Waals surface area contributed by atoms with Gasteiger partial charge >= 0.3 is 11.5 Å². The third-order valence-electron chi connectivity index (χ3n) is 3.32. The van der Waals surface area contributed by atoms with E-state index in [4.69, 9.17) is 26.2 Å². The molecule has 0 aliphatic carbocycles. The smallest absolute Gasteiger partial charge is 0.344 e. The van der Waals surface area contributed by atoms with E-state index in [1.54, 1.807) is 42.5 Å². The van der Waals surface area contributed by atoms with Gasteiger partial charge in [-0.25, -0.2) is 9.78 Å². The predicted octanol–water partition coefficient (Wildman–Crippen LogP) is 3.22. The summed E-state index contributed by atoms with van der Waals surface area (Å²) in [6.45, 7) is 1.43. The molecule has 1 heterocycles. The van der Waals surface area contributed by atoms with Crippen LogP contribution in [0.4, 0.5) is 0 Å². The Morgan fingerprint density at radius 2 is 1.88 bits per heavy atom. The summed E-state index contributed by atoms with van der Waals surface area (Å²) < 4.78 is 10.7. The van der Waals surface area contributed by atoms with Crippen molar-refractivity contribution >= 4 is 28.6 Å². The van der Waals surface area contributed by atoms with Gasteiger partial charge in [0.15, 0.2) is 6.10 Å². The molecule has 0 aliphatic rings. The summed E-state index contributed by atoms with van der Waals surface area (Å²) >= 11 is 5.88. The maximum absolute atomic E-state index is 12.1. The average Bonchev–Trinajstić information content (AvgIpc) is 2.57. The molecule has 0 saturated carbocycles. The summed E-state index contributed by atoms with van der Waals surface area (Å²) in [6.07, 6.45) is -0.969. The highest BCUT2D eigenvalue weighted by Crippen LogP contribution is 2.23. The molecule has 0 bridgehead atoms. The molecule has 0 radical (unpaired) electrons. The number of benzene rings is 2. The van der Waals surface area contributed by atoms with E-state index < -0.39 is 17.6 Å². The van der Waals surface area contributed by atoms with Crippen LogP contribution in [0.3, 0.4) is 0 Å². The van der Waals surface area contributed by atoms with E-state index in [1.807, 2.05) is 0 Å². The number of aromatic nitrogens is 2. The lowest BCUT2D eigenvalue weighted by Crippen LogP contribution is -2.22. The second-order valence-corrected chi connectivity index (χ2v) is 5.64. The first kappa shape index (κ1) is 16.8. The molecule has 0 saturated heterocycles. The number of ether oxygens (including phenoxy) is 2. The molecule has 3 aromatic rings. The molecular weight excluding hydrogens is 348 g/mol. The van der Waals surface area contributed by atoms with Gasteiger partial charge in [-0.3, -0.25) is 4.79 Å². The second kappa shape index (κ2) is 6.82. The fourth-order valence-corrected chi connectivity index (χ4v) is 2.24. The summed E-state index contributed by atoms with van der Waals surface area (Å²) in [6, 6.07) is 11.1.